The lowest BCUT2D eigenvalue weighted by atomic mass is 9.98. The van der Waals surface area contributed by atoms with E-state index in [2.05, 4.69) is 49.4 Å². The summed E-state index contributed by atoms with van der Waals surface area (Å²) in [6.07, 6.45) is 6.57. The molecule has 0 unspecified atom stereocenters. The van der Waals surface area contributed by atoms with Crippen LogP contribution in [0.4, 0.5) is 10.6 Å². The number of anilines is 1. The van der Waals surface area contributed by atoms with Crippen molar-refractivity contribution in [2.45, 2.75) is 58.5 Å². The smallest absolute Gasteiger partial charge is 0.410 e. The third-order valence-electron chi connectivity index (χ3n) is 5.12. The predicted octanol–water partition coefficient (Wildman–Crippen LogP) is 4.52. The number of benzene rings is 1. The molecule has 172 valence electrons. The number of nitrogens with zero attached hydrogens (tertiary/aromatic N) is 3. The summed E-state index contributed by atoms with van der Waals surface area (Å²) in [4.78, 5) is 34.8. The molecule has 32 heavy (non-hydrogen) atoms. The van der Waals surface area contributed by atoms with Crippen LogP contribution in [-0.2, 0) is 28.8 Å². The second kappa shape index (κ2) is 10.9. The predicted molar refractivity (Wildman–Crippen MR) is 128 cm³/mol. The van der Waals surface area contributed by atoms with Gasteiger partial charge in [0.15, 0.2) is 5.82 Å². The molecule has 1 aliphatic heterocycles. The summed E-state index contributed by atoms with van der Waals surface area (Å²) in [5, 5.41) is 3.56. The van der Waals surface area contributed by atoms with Crippen LogP contribution >= 0.6 is 15.9 Å². The molecule has 0 radical (unpaired) electrons. The summed E-state index contributed by atoms with van der Waals surface area (Å²) < 4.78 is 5.53. The highest BCUT2D eigenvalue weighted by Crippen LogP contribution is 2.21. The Balaban J connectivity index is 1.59. The van der Waals surface area contributed by atoms with Gasteiger partial charge in [0, 0.05) is 31.3 Å². The van der Waals surface area contributed by atoms with Gasteiger partial charge in [-0.1, -0.05) is 34.1 Å². The van der Waals surface area contributed by atoms with Crippen molar-refractivity contribution in [2.24, 2.45) is 0 Å². The number of carbonyl (C=O) groups excluding carboxylic acids is 2. The lowest BCUT2D eigenvalue weighted by Gasteiger charge is -2.26. The van der Waals surface area contributed by atoms with Crippen LogP contribution in [0.15, 0.2) is 30.6 Å². The van der Waals surface area contributed by atoms with Crippen molar-refractivity contribution < 1.29 is 14.3 Å². The number of halogens is 1. The van der Waals surface area contributed by atoms with Crippen molar-refractivity contribution in [1.29, 1.82) is 0 Å². The van der Waals surface area contributed by atoms with E-state index in [4.69, 9.17) is 4.74 Å². The van der Waals surface area contributed by atoms with Crippen molar-refractivity contribution in [2.75, 3.05) is 23.7 Å². The quantitative estimate of drug-likeness (QED) is 0.587. The van der Waals surface area contributed by atoms with Crippen LogP contribution in [0.1, 0.15) is 56.0 Å². The molecule has 2 aromatic rings. The fourth-order valence-electron chi connectivity index (χ4n) is 3.55. The normalized spacial score (nSPS) is 13.8. The number of nitrogens with one attached hydrogen (secondary N) is 1. The van der Waals surface area contributed by atoms with E-state index in [-0.39, 0.29) is 12.0 Å². The van der Waals surface area contributed by atoms with Gasteiger partial charge in [-0.05, 0) is 56.7 Å². The van der Waals surface area contributed by atoms with E-state index in [0.29, 0.717) is 31.7 Å². The number of carbonyl (C=O) groups is 2. The molecule has 2 amide bonds. The first kappa shape index (κ1) is 24.2. The first-order chi connectivity index (χ1) is 15.2. The maximum Gasteiger partial charge on any atom is 0.410 e. The zero-order valence-corrected chi connectivity index (χ0v) is 20.6. The number of ether oxygens (including phenoxy) is 1. The van der Waals surface area contributed by atoms with Gasteiger partial charge in [0.1, 0.15) is 5.60 Å². The second-order valence-electron chi connectivity index (χ2n) is 8.98. The molecule has 0 atom stereocenters. The summed E-state index contributed by atoms with van der Waals surface area (Å²) in [6, 6.07) is 6.46. The maximum atomic E-state index is 12.4. The van der Waals surface area contributed by atoms with Crippen LogP contribution in [0.3, 0.4) is 0 Å². The van der Waals surface area contributed by atoms with Crippen molar-refractivity contribution >= 4 is 33.7 Å². The first-order valence-corrected chi connectivity index (χ1v) is 12.1. The Labute approximate surface area is 198 Å². The van der Waals surface area contributed by atoms with E-state index in [1.165, 1.54) is 11.1 Å². The first-order valence-electron chi connectivity index (χ1n) is 11.0. The molecule has 1 aromatic heterocycles. The van der Waals surface area contributed by atoms with Gasteiger partial charge in [-0.25, -0.2) is 9.78 Å². The fraction of sp³-hybridized carbons (Fsp3) is 0.500. The van der Waals surface area contributed by atoms with Gasteiger partial charge in [0.25, 0.3) is 0 Å². The Morgan fingerprint density at radius 2 is 1.88 bits per heavy atom. The highest BCUT2D eigenvalue weighted by atomic mass is 79.9. The lowest BCUT2D eigenvalue weighted by Crippen LogP contribution is -2.38. The van der Waals surface area contributed by atoms with Gasteiger partial charge in [0.05, 0.1) is 18.1 Å². The van der Waals surface area contributed by atoms with Crippen molar-refractivity contribution in [3.8, 4) is 0 Å². The summed E-state index contributed by atoms with van der Waals surface area (Å²) in [5.41, 5.74) is 4.03. The molecular weight excluding hydrogens is 472 g/mol. The monoisotopic (exact) mass is 502 g/mol. The van der Waals surface area contributed by atoms with Crippen molar-refractivity contribution in [3.05, 3.63) is 53.0 Å². The summed E-state index contributed by atoms with van der Waals surface area (Å²) in [7, 11) is 0. The summed E-state index contributed by atoms with van der Waals surface area (Å²) in [5.74, 6) is 0.412. The Morgan fingerprint density at radius 3 is 2.53 bits per heavy atom. The highest BCUT2D eigenvalue weighted by molar-refractivity contribution is 9.09. The molecular formula is C24H31BrN4O3. The van der Waals surface area contributed by atoms with Gasteiger partial charge < -0.3 is 15.0 Å². The van der Waals surface area contributed by atoms with Crippen LogP contribution in [0.25, 0.3) is 0 Å². The molecule has 0 spiro atoms. The number of amides is 2. The molecule has 2 heterocycles. The van der Waals surface area contributed by atoms with Gasteiger partial charge in [-0.2, -0.15) is 0 Å². The van der Waals surface area contributed by atoms with Crippen LogP contribution < -0.4 is 5.32 Å². The molecule has 1 aliphatic rings. The molecule has 0 aliphatic carbocycles. The SMILES string of the molecule is CC(C)(C)OC(=O)N1CCc2ccc(Cc3cnc(NC(=O)CCCBr)cn3)cc2CC1. The van der Waals surface area contributed by atoms with Gasteiger partial charge in [-0.3, -0.25) is 9.78 Å². The van der Waals surface area contributed by atoms with Crippen LogP contribution in [0.2, 0.25) is 0 Å². The van der Waals surface area contributed by atoms with Crippen LogP contribution in [0.5, 0.6) is 0 Å². The molecule has 1 N–H and O–H groups in total. The zero-order valence-electron chi connectivity index (χ0n) is 19.0. The number of hydrogen-bond donors (Lipinski definition) is 1. The van der Waals surface area contributed by atoms with E-state index in [1.54, 1.807) is 17.3 Å². The van der Waals surface area contributed by atoms with Crippen LogP contribution in [0, 0.1) is 0 Å². The molecule has 1 aromatic carbocycles. The lowest BCUT2D eigenvalue weighted by molar-refractivity contribution is -0.116. The van der Waals surface area contributed by atoms with Gasteiger partial charge in [-0.15, -0.1) is 0 Å². The van der Waals surface area contributed by atoms with E-state index in [9.17, 15) is 9.59 Å². The number of aromatic nitrogens is 2. The van der Waals surface area contributed by atoms with E-state index >= 15 is 0 Å². The molecule has 0 fully saturated rings. The standard InChI is InChI=1S/C24H31BrN4O3/c1-24(2,3)32-23(31)29-11-8-18-7-6-17(13-19(18)9-12-29)14-20-15-27-21(16-26-20)28-22(30)5-4-10-25/h6-7,13,15-16H,4-5,8-12,14H2,1-3H3,(H,27,28,30). The average Bonchev–Trinajstić information content (AvgIpc) is 2.95. The minimum absolute atomic E-state index is 0.0577. The van der Waals surface area contributed by atoms with Crippen molar-refractivity contribution in [3.63, 3.8) is 0 Å². The van der Waals surface area contributed by atoms with E-state index in [0.717, 1.165) is 35.8 Å². The average molecular weight is 503 g/mol. The second-order valence-corrected chi connectivity index (χ2v) is 9.77. The largest absolute Gasteiger partial charge is 0.444 e. The summed E-state index contributed by atoms with van der Waals surface area (Å²) in [6.45, 7) is 6.97. The fourth-order valence-corrected chi connectivity index (χ4v) is 3.83. The third kappa shape index (κ3) is 7.29. The van der Waals surface area contributed by atoms with E-state index < -0.39 is 5.60 Å². The highest BCUT2D eigenvalue weighted by Gasteiger charge is 2.24. The Morgan fingerprint density at radius 1 is 1.12 bits per heavy atom. The topological polar surface area (TPSA) is 84.4 Å². The Hall–Kier alpha value is -2.48. The number of hydrogen-bond acceptors (Lipinski definition) is 5. The maximum absolute atomic E-state index is 12.4. The number of alkyl halides is 1. The molecule has 8 heteroatoms. The zero-order chi connectivity index (χ0) is 23.1. The Bertz CT molecular complexity index is 941. The van der Waals surface area contributed by atoms with Crippen LogP contribution in [-0.4, -0.2) is 50.9 Å². The molecule has 0 bridgehead atoms. The number of rotatable bonds is 6. The van der Waals surface area contributed by atoms with Crippen molar-refractivity contribution in [1.82, 2.24) is 14.9 Å². The number of fused-ring (bicyclic) bond motifs is 1. The van der Waals surface area contributed by atoms with E-state index in [1.807, 2.05) is 20.8 Å². The summed E-state index contributed by atoms with van der Waals surface area (Å²) >= 11 is 3.32. The Kier molecular flexibility index (Phi) is 8.23. The molecule has 0 saturated heterocycles. The van der Waals surface area contributed by atoms with Gasteiger partial charge >= 0.3 is 6.09 Å². The minimum atomic E-state index is -0.490. The molecule has 0 saturated carbocycles. The molecule has 3 rings (SSSR count). The van der Waals surface area contributed by atoms with Gasteiger partial charge in [0.2, 0.25) is 5.91 Å². The third-order valence-corrected chi connectivity index (χ3v) is 5.68. The minimum Gasteiger partial charge on any atom is -0.444 e. The molecule has 7 nitrogen and oxygen atoms in total.